The molecule has 0 saturated heterocycles. The van der Waals surface area contributed by atoms with E-state index in [1.807, 2.05) is 36.1 Å². The Labute approximate surface area is 134 Å². The lowest BCUT2D eigenvalue weighted by atomic mass is 9.94. The molecule has 1 amide bonds. The van der Waals surface area contributed by atoms with Crippen LogP contribution in [0, 0.1) is 17.4 Å². The van der Waals surface area contributed by atoms with E-state index < -0.39 is 0 Å². The van der Waals surface area contributed by atoms with Crippen LogP contribution in [0.3, 0.4) is 0 Å². The van der Waals surface area contributed by atoms with Gasteiger partial charge in [0.05, 0.1) is 5.71 Å². The molecule has 3 rings (SSSR count). The fourth-order valence-electron chi connectivity index (χ4n) is 2.76. The van der Waals surface area contributed by atoms with Crippen molar-refractivity contribution >= 4 is 23.3 Å². The minimum Gasteiger partial charge on any atom is -0.369 e. The molecule has 1 aliphatic carbocycles. The van der Waals surface area contributed by atoms with Gasteiger partial charge in [-0.05, 0) is 30.5 Å². The second-order valence-electron chi connectivity index (χ2n) is 5.86. The third-order valence-corrected chi connectivity index (χ3v) is 4.02. The molecule has 0 aromatic heterocycles. The van der Waals surface area contributed by atoms with E-state index in [2.05, 4.69) is 15.5 Å². The molecule has 1 aliphatic heterocycles. The number of hydrogen-bond donors (Lipinski definition) is 2. The predicted molar refractivity (Wildman–Crippen MR) is 87.6 cm³/mol. The zero-order chi connectivity index (χ0) is 16.4. The standard InChI is InChI=1S/C16H18N6O/c1-10-8-14(23)20-21-15(10)11-2-4-12(5-3-11)22(13-6-7-13)16(18)19-9-17/h2-5,10,13H,6-8H2,1H3,(H2,18,19)(H,20,23). The Balaban J connectivity index is 1.85. The van der Waals surface area contributed by atoms with Gasteiger partial charge in [-0.25, -0.2) is 5.43 Å². The van der Waals surface area contributed by atoms with E-state index in [0.29, 0.717) is 12.5 Å². The Morgan fingerprint density at radius 2 is 2.13 bits per heavy atom. The fraction of sp³-hybridized carbons (Fsp3) is 0.375. The molecule has 118 valence electrons. The highest BCUT2D eigenvalue weighted by Crippen LogP contribution is 2.32. The number of hydrazone groups is 1. The maximum Gasteiger partial charge on any atom is 0.240 e. The van der Waals surface area contributed by atoms with E-state index in [9.17, 15) is 4.79 Å². The van der Waals surface area contributed by atoms with Crippen LogP contribution in [0.5, 0.6) is 0 Å². The highest BCUT2D eigenvalue weighted by Gasteiger charge is 2.32. The first kappa shape index (κ1) is 15.0. The molecule has 1 fully saturated rings. The molecule has 23 heavy (non-hydrogen) atoms. The minimum atomic E-state index is -0.0572. The summed E-state index contributed by atoms with van der Waals surface area (Å²) >= 11 is 0. The van der Waals surface area contributed by atoms with Crippen molar-refractivity contribution < 1.29 is 4.79 Å². The van der Waals surface area contributed by atoms with Gasteiger partial charge in [-0.1, -0.05) is 19.1 Å². The van der Waals surface area contributed by atoms with E-state index in [0.717, 1.165) is 29.8 Å². The third kappa shape index (κ3) is 3.16. The topological polar surface area (TPSA) is 107 Å². The van der Waals surface area contributed by atoms with Gasteiger partial charge in [-0.15, -0.1) is 4.99 Å². The largest absolute Gasteiger partial charge is 0.369 e. The summed E-state index contributed by atoms with van der Waals surface area (Å²) in [6, 6.07) is 8.11. The van der Waals surface area contributed by atoms with E-state index in [1.54, 1.807) is 6.19 Å². The van der Waals surface area contributed by atoms with Crippen molar-refractivity contribution in [2.24, 2.45) is 21.7 Å². The maximum absolute atomic E-state index is 11.3. The number of aliphatic imine (C=N–C) groups is 1. The molecule has 1 atom stereocenters. The number of nitriles is 1. The van der Waals surface area contributed by atoms with Crippen LogP contribution >= 0.6 is 0 Å². The minimum absolute atomic E-state index is 0.0572. The van der Waals surface area contributed by atoms with Crippen molar-refractivity contribution in [3.05, 3.63) is 29.8 Å². The van der Waals surface area contributed by atoms with Crippen molar-refractivity contribution in [1.29, 1.82) is 5.26 Å². The molecule has 1 unspecified atom stereocenters. The third-order valence-electron chi connectivity index (χ3n) is 4.02. The number of nitrogens with one attached hydrogen (secondary N) is 1. The van der Waals surface area contributed by atoms with Gasteiger partial charge in [-0.3, -0.25) is 4.79 Å². The Morgan fingerprint density at radius 3 is 2.70 bits per heavy atom. The Hall–Kier alpha value is -2.88. The molecular formula is C16H18N6O. The average Bonchev–Trinajstić information content (AvgIpc) is 3.34. The van der Waals surface area contributed by atoms with E-state index in [-0.39, 0.29) is 17.8 Å². The van der Waals surface area contributed by atoms with E-state index in [1.165, 1.54) is 0 Å². The quantitative estimate of drug-likeness (QED) is 0.498. The van der Waals surface area contributed by atoms with Crippen molar-refractivity contribution in [3.8, 4) is 6.19 Å². The first-order valence-corrected chi connectivity index (χ1v) is 7.58. The van der Waals surface area contributed by atoms with Crippen molar-refractivity contribution in [1.82, 2.24) is 5.43 Å². The molecule has 1 aromatic carbocycles. The summed E-state index contributed by atoms with van der Waals surface area (Å²) in [5.74, 6) is 0.246. The molecule has 0 bridgehead atoms. The summed E-state index contributed by atoms with van der Waals surface area (Å²) in [6.45, 7) is 1.99. The van der Waals surface area contributed by atoms with Gasteiger partial charge in [0.15, 0.2) is 0 Å². The molecule has 0 radical (unpaired) electrons. The van der Waals surface area contributed by atoms with Gasteiger partial charge in [-0.2, -0.15) is 10.4 Å². The zero-order valence-corrected chi connectivity index (χ0v) is 12.9. The summed E-state index contributed by atoms with van der Waals surface area (Å²) in [4.78, 5) is 16.9. The van der Waals surface area contributed by atoms with Gasteiger partial charge in [0.2, 0.25) is 18.1 Å². The lowest BCUT2D eigenvalue weighted by molar-refractivity contribution is -0.121. The number of nitrogens with zero attached hydrogens (tertiary/aromatic N) is 4. The molecule has 2 aliphatic rings. The highest BCUT2D eigenvalue weighted by atomic mass is 16.2. The Morgan fingerprint density at radius 1 is 1.43 bits per heavy atom. The van der Waals surface area contributed by atoms with Gasteiger partial charge < -0.3 is 10.6 Å². The van der Waals surface area contributed by atoms with Crippen LogP contribution < -0.4 is 16.1 Å². The van der Waals surface area contributed by atoms with Crippen LogP contribution in [-0.2, 0) is 4.79 Å². The molecular weight excluding hydrogens is 292 g/mol. The summed E-state index contributed by atoms with van der Waals surface area (Å²) in [6.07, 6.45) is 4.26. The Bertz CT molecular complexity index is 711. The lowest BCUT2D eigenvalue weighted by Crippen LogP contribution is -2.39. The highest BCUT2D eigenvalue weighted by molar-refractivity contribution is 6.06. The first-order valence-electron chi connectivity index (χ1n) is 7.58. The summed E-state index contributed by atoms with van der Waals surface area (Å²) < 4.78 is 0. The second-order valence-corrected chi connectivity index (χ2v) is 5.86. The summed E-state index contributed by atoms with van der Waals surface area (Å²) in [7, 11) is 0. The van der Waals surface area contributed by atoms with Crippen LogP contribution in [0.15, 0.2) is 34.4 Å². The molecule has 7 nitrogen and oxygen atoms in total. The number of carbonyl (C=O) groups excluding carboxylic acids is 1. The smallest absolute Gasteiger partial charge is 0.240 e. The molecule has 1 saturated carbocycles. The van der Waals surface area contributed by atoms with E-state index in [4.69, 9.17) is 11.0 Å². The number of amides is 1. The second kappa shape index (κ2) is 6.08. The number of carbonyl (C=O) groups is 1. The normalized spacial score (nSPS) is 21.2. The van der Waals surface area contributed by atoms with Gasteiger partial charge in [0.25, 0.3) is 0 Å². The number of benzene rings is 1. The van der Waals surface area contributed by atoms with Crippen LogP contribution in [-0.4, -0.2) is 23.6 Å². The van der Waals surface area contributed by atoms with Crippen LogP contribution in [0.2, 0.25) is 0 Å². The number of rotatable bonds is 3. The first-order chi connectivity index (χ1) is 11.1. The van der Waals surface area contributed by atoms with Crippen LogP contribution in [0.25, 0.3) is 0 Å². The average molecular weight is 310 g/mol. The van der Waals surface area contributed by atoms with Crippen molar-refractivity contribution in [2.45, 2.75) is 32.2 Å². The summed E-state index contributed by atoms with van der Waals surface area (Å²) in [5, 5.41) is 12.9. The number of anilines is 1. The van der Waals surface area contributed by atoms with E-state index >= 15 is 0 Å². The van der Waals surface area contributed by atoms with Gasteiger partial charge >= 0.3 is 0 Å². The molecule has 1 aromatic rings. The van der Waals surface area contributed by atoms with Crippen LogP contribution in [0.1, 0.15) is 31.7 Å². The monoisotopic (exact) mass is 310 g/mol. The van der Waals surface area contributed by atoms with Gasteiger partial charge in [0, 0.05) is 24.1 Å². The molecule has 0 spiro atoms. The zero-order valence-electron chi connectivity index (χ0n) is 12.9. The van der Waals surface area contributed by atoms with Crippen LogP contribution in [0.4, 0.5) is 5.69 Å². The molecule has 3 N–H and O–H groups in total. The Kier molecular flexibility index (Phi) is 3.98. The van der Waals surface area contributed by atoms with Crippen molar-refractivity contribution in [3.63, 3.8) is 0 Å². The van der Waals surface area contributed by atoms with Crippen molar-refractivity contribution in [2.75, 3.05) is 4.90 Å². The molecule has 1 heterocycles. The number of nitrogens with two attached hydrogens (primary N) is 1. The predicted octanol–water partition coefficient (Wildman–Crippen LogP) is 1.31. The number of guanidine groups is 1. The summed E-state index contributed by atoms with van der Waals surface area (Å²) in [5.41, 5.74) is 11.2. The maximum atomic E-state index is 11.3. The molecule has 7 heteroatoms. The SMILES string of the molecule is CC1CC(=O)NN=C1c1ccc(N(C(N)=NC#N)C2CC2)cc1. The van der Waals surface area contributed by atoms with Gasteiger partial charge in [0.1, 0.15) is 0 Å². The lowest BCUT2D eigenvalue weighted by Gasteiger charge is -2.24. The number of hydrogen-bond acceptors (Lipinski definition) is 4. The fourth-order valence-corrected chi connectivity index (χ4v) is 2.76.